The zero-order valence-corrected chi connectivity index (χ0v) is 9.80. The molecule has 1 saturated carbocycles. The predicted molar refractivity (Wildman–Crippen MR) is 62.0 cm³/mol. The average Bonchev–Trinajstić information content (AvgIpc) is 2.70. The van der Waals surface area contributed by atoms with E-state index in [0.717, 1.165) is 25.9 Å². The van der Waals surface area contributed by atoms with E-state index in [9.17, 15) is 9.90 Å². The number of nitrogens with one attached hydrogen (secondary N) is 2. The van der Waals surface area contributed by atoms with Gasteiger partial charge in [-0.05, 0) is 31.8 Å². The molecule has 2 aliphatic rings. The van der Waals surface area contributed by atoms with Gasteiger partial charge in [0.1, 0.15) is 0 Å². The molecule has 0 atom stereocenters. The molecular formula is C12H22N2O2. The van der Waals surface area contributed by atoms with Gasteiger partial charge in [0, 0.05) is 18.4 Å². The summed E-state index contributed by atoms with van der Waals surface area (Å²) in [6.07, 6.45) is 5.10. The number of aliphatic hydroxyl groups excluding tert-OH is 1. The first kappa shape index (κ1) is 11.9. The van der Waals surface area contributed by atoms with Crippen LogP contribution in [0.2, 0.25) is 0 Å². The fourth-order valence-corrected chi connectivity index (χ4v) is 2.63. The van der Waals surface area contributed by atoms with Gasteiger partial charge in [-0.1, -0.05) is 12.8 Å². The minimum Gasteiger partial charge on any atom is -0.396 e. The normalized spacial score (nSPS) is 24.1. The zero-order chi connectivity index (χ0) is 11.4. The van der Waals surface area contributed by atoms with Crippen LogP contribution in [0.4, 0.5) is 0 Å². The summed E-state index contributed by atoms with van der Waals surface area (Å²) in [7, 11) is 0. The van der Waals surface area contributed by atoms with E-state index in [1.165, 1.54) is 12.8 Å². The highest BCUT2D eigenvalue weighted by atomic mass is 16.3. The summed E-state index contributed by atoms with van der Waals surface area (Å²) in [6, 6.07) is 0. The van der Waals surface area contributed by atoms with Gasteiger partial charge in [-0.15, -0.1) is 0 Å². The summed E-state index contributed by atoms with van der Waals surface area (Å²) in [5, 5.41) is 15.6. The molecule has 1 aliphatic carbocycles. The highest BCUT2D eigenvalue weighted by Gasteiger charge is 2.33. The van der Waals surface area contributed by atoms with Crippen molar-refractivity contribution in [1.29, 1.82) is 0 Å². The van der Waals surface area contributed by atoms with E-state index in [4.69, 9.17) is 0 Å². The molecule has 0 aromatic heterocycles. The van der Waals surface area contributed by atoms with Crippen LogP contribution < -0.4 is 10.6 Å². The van der Waals surface area contributed by atoms with Crippen LogP contribution >= 0.6 is 0 Å². The molecule has 0 aromatic carbocycles. The smallest absolute Gasteiger partial charge is 0.220 e. The molecular weight excluding hydrogens is 204 g/mol. The molecule has 1 aliphatic heterocycles. The maximum atomic E-state index is 11.6. The molecule has 0 spiro atoms. The summed E-state index contributed by atoms with van der Waals surface area (Å²) in [4.78, 5) is 11.6. The highest BCUT2D eigenvalue weighted by Crippen LogP contribution is 2.36. The van der Waals surface area contributed by atoms with Crippen LogP contribution in [0.5, 0.6) is 0 Å². The first-order chi connectivity index (χ1) is 7.74. The molecule has 4 nitrogen and oxygen atoms in total. The predicted octanol–water partition coefficient (Wildman–Crippen LogP) is 0.265. The van der Waals surface area contributed by atoms with Crippen LogP contribution in [0.3, 0.4) is 0 Å². The van der Waals surface area contributed by atoms with Gasteiger partial charge in [-0.25, -0.2) is 0 Å². The van der Waals surface area contributed by atoms with E-state index in [1.54, 1.807) is 0 Å². The number of carbonyl (C=O) groups excluding carboxylic acids is 1. The van der Waals surface area contributed by atoms with Gasteiger partial charge in [-0.3, -0.25) is 4.79 Å². The lowest BCUT2D eigenvalue weighted by molar-refractivity contribution is -0.123. The van der Waals surface area contributed by atoms with Gasteiger partial charge in [0.05, 0.1) is 6.61 Å². The minimum absolute atomic E-state index is 0.0203. The van der Waals surface area contributed by atoms with Gasteiger partial charge >= 0.3 is 0 Å². The quantitative estimate of drug-likeness (QED) is 0.630. The van der Waals surface area contributed by atoms with Crippen molar-refractivity contribution >= 4 is 5.91 Å². The lowest BCUT2D eigenvalue weighted by Crippen LogP contribution is -2.46. The Balaban J connectivity index is 1.70. The lowest BCUT2D eigenvalue weighted by atomic mass is 9.87. The van der Waals surface area contributed by atoms with Crippen molar-refractivity contribution in [2.45, 2.75) is 32.1 Å². The third-order valence-electron chi connectivity index (χ3n) is 4.00. The number of carbonyl (C=O) groups is 1. The summed E-state index contributed by atoms with van der Waals surface area (Å²) < 4.78 is 0. The van der Waals surface area contributed by atoms with Crippen molar-refractivity contribution in [3.05, 3.63) is 0 Å². The highest BCUT2D eigenvalue weighted by molar-refractivity contribution is 5.76. The van der Waals surface area contributed by atoms with E-state index in [1.807, 2.05) is 0 Å². The Morgan fingerprint density at radius 1 is 1.38 bits per heavy atom. The van der Waals surface area contributed by atoms with Gasteiger partial charge < -0.3 is 15.7 Å². The maximum Gasteiger partial charge on any atom is 0.220 e. The van der Waals surface area contributed by atoms with Crippen molar-refractivity contribution < 1.29 is 9.90 Å². The number of amides is 1. The van der Waals surface area contributed by atoms with E-state index in [2.05, 4.69) is 10.6 Å². The largest absolute Gasteiger partial charge is 0.396 e. The molecule has 1 amide bonds. The van der Waals surface area contributed by atoms with Crippen LogP contribution in [0.1, 0.15) is 32.1 Å². The second-order valence-electron chi connectivity index (χ2n) is 5.37. The van der Waals surface area contributed by atoms with Crippen LogP contribution in [0.25, 0.3) is 0 Å². The maximum absolute atomic E-state index is 11.6. The van der Waals surface area contributed by atoms with Crippen LogP contribution in [-0.2, 0) is 4.79 Å². The fourth-order valence-electron chi connectivity index (χ4n) is 2.63. The minimum atomic E-state index is -0.0203. The first-order valence-corrected chi connectivity index (χ1v) is 6.32. The molecule has 0 radical (unpaired) electrons. The van der Waals surface area contributed by atoms with Gasteiger partial charge in [-0.2, -0.15) is 0 Å². The standard InChI is InChI=1S/C12H22N2O2/c15-9-12(3-1-2-4-12)8-14-11(16)5-10-6-13-7-10/h10,13,15H,1-9H2,(H,14,16). The lowest BCUT2D eigenvalue weighted by Gasteiger charge is -2.29. The molecule has 1 saturated heterocycles. The molecule has 16 heavy (non-hydrogen) atoms. The number of rotatable bonds is 5. The molecule has 0 aromatic rings. The summed E-state index contributed by atoms with van der Waals surface area (Å²) in [5.41, 5.74) is -0.0203. The molecule has 2 fully saturated rings. The molecule has 0 bridgehead atoms. The topological polar surface area (TPSA) is 61.4 Å². The van der Waals surface area contributed by atoms with Crippen molar-refractivity contribution in [1.82, 2.24) is 10.6 Å². The molecule has 0 unspecified atom stereocenters. The third kappa shape index (κ3) is 2.74. The third-order valence-corrected chi connectivity index (χ3v) is 4.00. The molecule has 4 heteroatoms. The molecule has 92 valence electrons. The Bertz CT molecular complexity index is 245. The van der Waals surface area contributed by atoms with E-state index in [0.29, 0.717) is 18.9 Å². The number of hydrogen-bond donors (Lipinski definition) is 3. The molecule has 1 heterocycles. The second kappa shape index (κ2) is 5.15. The van der Waals surface area contributed by atoms with Crippen LogP contribution in [-0.4, -0.2) is 37.3 Å². The van der Waals surface area contributed by atoms with Crippen molar-refractivity contribution in [2.24, 2.45) is 11.3 Å². The van der Waals surface area contributed by atoms with Gasteiger partial charge in [0.2, 0.25) is 5.91 Å². The average molecular weight is 226 g/mol. The van der Waals surface area contributed by atoms with Crippen molar-refractivity contribution in [2.75, 3.05) is 26.2 Å². The van der Waals surface area contributed by atoms with E-state index < -0.39 is 0 Å². The van der Waals surface area contributed by atoms with Crippen molar-refractivity contribution in [3.63, 3.8) is 0 Å². The van der Waals surface area contributed by atoms with Gasteiger partial charge in [0.25, 0.3) is 0 Å². The molecule has 2 rings (SSSR count). The Labute approximate surface area is 96.8 Å². The van der Waals surface area contributed by atoms with Crippen molar-refractivity contribution in [3.8, 4) is 0 Å². The SMILES string of the molecule is O=C(CC1CNC1)NCC1(CO)CCCC1. The van der Waals surface area contributed by atoms with E-state index >= 15 is 0 Å². The monoisotopic (exact) mass is 226 g/mol. The Morgan fingerprint density at radius 2 is 2.06 bits per heavy atom. The van der Waals surface area contributed by atoms with Gasteiger partial charge in [0.15, 0.2) is 0 Å². The zero-order valence-electron chi connectivity index (χ0n) is 9.80. The Hall–Kier alpha value is -0.610. The van der Waals surface area contributed by atoms with Crippen LogP contribution in [0.15, 0.2) is 0 Å². The second-order valence-corrected chi connectivity index (χ2v) is 5.37. The fraction of sp³-hybridized carbons (Fsp3) is 0.917. The van der Waals surface area contributed by atoms with Crippen LogP contribution in [0, 0.1) is 11.3 Å². The summed E-state index contributed by atoms with van der Waals surface area (Å²) in [6.45, 7) is 2.80. The first-order valence-electron chi connectivity index (χ1n) is 6.32. The number of hydrogen-bond acceptors (Lipinski definition) is 3. The molecule has 3 N–H and O–H groups in total. The number of aliphatic hydroxyl groups is 1. The Kier molecular flexibility index (Phi) is 3.82. The van der Waals surface area contributed by atoms with E-state index in [-0.39, 0.29) is 17.9 Å². The summed E-state index contributed by atoms with van der Waals surface area (Å²) >= 11 is 0. The summed E-state index contributed by atoms with van der Waals surface area (Å²) in [5.74, 6) is 0.667. The Morgan fingerprint density at radius 3 is 2.56 bits per heavy atom.